The van der Waals surface area contributed by atoms with Crippen LogP contribution in [0.25, 0.3) is 0 Å². The minimum Gasteiger partial charge on any atom is -0.398 e. The number of halogens is 1. The van der Waals surface area contributed by atoms with Gasteiger partial charge in [0.05, 0.1) is 5.69 Å². The van der Waals surface area contributed by atoms with Gasteiger partial charge in [-0.3, -0.25) is 0 Å². The van der Waals surface area contributed by atoms with Crippen molar-refractivity contribution >= 4 is 31.6 Å². The van der Waals surface area contributed by atoms with E-state index in [-0.39, 0.29) is 10.6 Å². The van der Waals surface area contributed by atoms with E-state index in [1.807, 2.05) is 0 Å². The number of nitrogens with one attached hydrogen (secondary N) is 1. The number of hydrogen-bond donors (Lipinski definition) is 2. The fourth-order valence-electron chi connectivity index (χ4n) is 2.46. The number of rotatable bonds is 4. The van der Waals surface area contributed by atoms with Gasteiger partial charge in [-0.2, -0.15) is 0 Å². The first-order valence-electron chi connectivity index (χ1n) is 6.54. The molecule has 2 rings (SSSR count). The van der Waals surface area contributed by atoms with Crippen LogP contribution in [0, 0.1) is 5.92 Å². The summed E-state index contributed by atoms with van der Waals surface area (Å²) in [7, 11) is -3.50. The second-order valence-electron chi connectivity index (χ2n) is 5.04. The van der Waals surface area contributed by atoms with E-state index in [4.69, 9.17) is 5.73 Å². The van der Waals surface area contributed by atoms with Crippen LogP contribution in [0.1, 0.15) is 32.1 Å². The molecule has 0 radical (unpaired) electrons. The summed E-state index contributed by atoms with van der Waals surface area (Å²) in [5, 5.41) is 0. The molecule has 1 aromatic rings. The lowest BCUT2D eigenvalue weighted by Crippen LogP contribution is -2.30. The van der Waals surface area contributed by atoms with E-state index < -0.39 is 10.0 Å². The molecule has 1 aromatic carbocycles. The molecule has 3 N–H and O–H groups in total. The Labute approximate surface area is 122 Å². The van der Waals surface area contributed by atoms with E-state index in [0.29, 0.717) is 12.5 Å². The third kappa shape index (κ3) is 3.94. The highest BCUT2D eigenvalue weighted by Gasteiger charge is 2.20. The maximum absolute atomic E-state index is 12.2. The van der Waals surface area contributed by atoms with Gasteiger partial charge in [0.15, 0.2) is 0 Å². The molecule has 0 heterocycles. The Morgan fingerprint density at radius 1 is 1.26 bits per heavy atom. The SMILES string of the molecule is Nc1cc(Br)ccc1S(=O)(=O)NCC1CCCCC1. The van der Waals surface area contributed by atoms with Gasteiger partial charge in [0, 0.05) is 11.0 Å². The molecule has 0 saturated heterocycles. The largest absolute Gasteiger partial charge is 0.398 e. The lowest BCUT2D eigenvalue weighted by atomic mass is 9.90. The van der Waals surface area contributed by atoms with E-state index in [0.717, 1.165) is 17.3 Å². The van der Waals surface area contributed by atoms with Gasteiger partial charge < -0.3 is 5.73 Å². The molecular formula is C13H19BrN2O2S. The number of sulfonamides is 1. The number of anilines is 1. The minimum atomic E-state index is -3.50. The molecule has 1 aliphatic carbocycles. The summed E-state index contributed by atoms with van der Waals surface area (Å²) in [5.41, 5.74) is 6.04. The van der Waals surface area contributed by atoms with E-state index in [1.165, 1.54) is 25.3 Å². The Bertz CT molecular complexity index is 540. The molecule has 1 fully saturated rings. The van der Waals surface area contributed by atoms with Gasteiger partial charge in [0.25, 0.3) is 0 Å². The normalized spacial score (nSPS) is 17.5. The molecule has 0 amide bonds. The quantitative estimate of drug-likeness (QED) is 0.823. The summed E-state index contributed by atoms with van der Waals surface area (Å²) < 4.78 is 27.9. The van der Waals surface area contributed by atoms with Crippen LogP contribution in [-0.2, 0) is 10.0 Å². The van der Waals surface area contributed by atoms with Crippen molar-refractivity contribution in [3.8, 4) is 0 Å². The lowest BCUT2D eigenvalue weighted by Gasteiger charge is -2.21. The summed E-state index contributed by atoms with van der Waals surface area (Å²) in [5.74, 6) is 0.459. The van der Waals surface area contributed by atoms with E-state index in [2.05, 4.69) is 20.7 Å². The maximum Gasteiger partial charge on any atom is 0.242 e. The van der Waals surface area contributed by atoms with Crippen molar-refractivity contribution in [1.29, 1.82) is 0 Å². The van der Waals surface area contributed by atoms with Crippen molar-refractivity contribution < 1.29 is 8.42 Å². The van der Waals surface area contributed by atoms with Crippen molar-refractivity contribution in [2.45, 2.75) is 37.0 Å². The van der Waals surface area contributed by atoms with Gasteiger partial charge >= 0.3 is 0 Å². The molecule has 106 valence electrons. The first-order valence-corrected chi connectivity index (χ1v) is 8.81. The minimum absolute atomic E-state index is 0.159. The van der Waals surface area contributed by atoms with Crippen molar-refractivity contribution in [3.63, 3.8) is 0 Å². The Hall–Kier alpha value is -0.590. The van der Waals surface area contributed by atoms with Crippen LogP contribution >= 0.6 is 15.9 Å². The van der Waals surface area contributed by atoms with Crippen LogP contribution in [0.2, 0.25) is 0 Å². The molecule has 0 aliphatic heterocycles. The smallest absolute Gasteiger partial charge is 0.242 e. The fourth-order valence-corrected chi connectivity index (χ4v) is 4.07. The number of nitrogens with two attached hydrogens (primary N) is 1. The topological polar surface area (TPSA) is 72.2 Å². The van der Waals surface area contributed by atoms with Gasteiger partial charge in [-0.05, 0) is 37.0 Å². The van der Waals surface area contributed by atoms with Crippen LogP contribution in [0.15, 0.2) is 27.6 Å². The lowest BCUT2D eigenvalue weighted by molar-refractivity contribution is 0.357. The van der Waals surface area contributed by atoms with Crippen LogP contribution < -0.4 is 10.5 Å². The van der Waals surface area contributed by atoms with Crippen molar-refractivity contribution in [1.82, 2.24) is 4.72 Å². The van der Waals surface area contributed by atoms with Crippen LogP contribution in [0.5, 0.6) is 0 Å². The first kappa shape index (κ1) is 14.8. The maximum atomic E-state index is 12.2. The molecule has 19 heavy (non-hydrogen) atoms. The highest BCUT2D eigenvalue weighted by molar-refractivity contribution is 9.10. The van der Waals surface area contributed by atoms with Gasteiger partial charge in [-0.15, -0.1) is 0 Å². The monoisotopic (exact) mass is 346 g/mol. The molecule has 0 aromatic heterocycles. The van der Waals surface area contributed by atoms with E-state index >= 15 is 0 Å². The Kier molecular flexibility index (Phi) is 4.86. The van der Waals surface area contributed by atoms with Crippen LogP contribution in [-0.4, -0.2) is 15.0 Å². The molecule has 1 aliphatic rings. The van der Waals surface area contributed by atoms with E-state index in [1.54, 1.807) is 12.1 Å². The van der Waals surface area contributed by atoms with Crippen molar-refractivity contribution in [2.24, 2.45) is 5.92 Å². The third-order valence-corrected chi connectivity index (χ3v) is 5.54. The summed E-state index contributed by atoms with van der Waals surface area (Å²) in [6, 6.07) is 4.82. The number of hydrogen-bond acceptors (Lipinski definition) is 3. The van der Waals surface area contributed by atoms with Crippen molar-refractivity contribution in [2.75, 3.05) is 12.3 Å². The zero-order valence-corrected chi connectivity index (χ0v) is 13.1. The Morgan fingerprint density at radius 3 is 2.58 bits per heavy atom. The van der Waals surface area contributed by atoms with Crippen LogP contribution in [0.3, 0.4) is 0 Å². The molecular weight excluding hydrogens is 328 g/mol. The fraction of sp³-hybridized carbons (Fsp3) is 0.538. The molecule has 0 unspecified atom stereocenters. The molecule has 4 nitrogen and oxygen atoms in total. The highest BCUT2D eigenvalue weighted by atomic mass is 79.9. The molecule has 0 bridgehead atoms. The second-order valence-corrected chi connectivity index (χ2v) is 7.69. The zero-order chi connectivity index (χ0) is 13.9. The predicted molar refractivity (Wildman–Crippen MR) is 80.3 cm³/mol. The van der Waals surface area contributed by atoms with Crippen LogP contribution in [0.4, 0.5) is 5.69 Å². The van der Waals surface area contributed by atoms with E-state index in [9.17, 15) is 8.42 Å². The van der Waals surface area contributed by atoms with Gasteiger partial charge in [-0.25, -0.2) is 13.1 Å². The average molecular weight is 347 g/mol. The molecule has 0 atom stereocenters. The number of nitrogen functional groups attached to an aromatic ring is 1. The Balaban J connectivity index is 2.05. The van der Waals surface area contributed by atoms with Gasteiger partial charge in [0.1, 0.15) is 4.90 Å². The summed E-state index contributed by atoms with van der Waals surface area (Å²) >= 11 is 3.27. The van der Waals surface area contributed by atoms with Gasteiger partial charge in [-0.1, -0.05) is 35.2 Å². The molecule has 0 spiro atoms. The predicted octanol–water partition coefficient (Wildman–Crippen LogP) is 2.89. The van der Waals surface area contributed by atoms with Gasteiger partial charge in [0.2, 0.25) is 10.0 Å². The number of benzene rings is 1. The third-order valence-electron chi connectivity index (χ3n) is 3.55. The zero-order valence-electron chi connectivity index (χ0n) is 10.7. The summed E-state index contributed by atoms with van der Waals surface area (Å²) in [4.78, 5) is 0.159. The summed E-state index contributed by atoms with van der Waals surface area (Å²) in [6.45, 7) is 0.512. The first-order chi connectivity index (χ1) is 8.99. The Morgan fingerprint density at radius 2 is 1.95 bits per heavy atom. The molecule has 1 saturated carbocycles. The second kappa shape index (κ2) is 6.24. The van der Waals surface area contributed by atoms with Crippen molar-refractivity contribution in [3.05, 3.63) is 22.7 Å². The standard InChI is InChI=1S/C13H19BrN2O2S/c14-11-6-7-13(12(15)8-11)19(17,18)16-9-10-4-2-1-3-5-10/h6-8,10,16H,1-5,9,15H2. The summed E-state index contributed by atoms with van der Waals surface area (Å²) in [6.07, 6.45) is 5.89. The average Bonchev–Trinajstić information content (AvgIpc) is 2.37. The molecule has 6 heteroatoms. The highest BCUT2D eigenvalue weighted by Crippen LogP contribution is 2.25.